The molecular weight excluding hydrogens is 271 g/mol. The Labute approximate surface area is 115 Å². The third kappa shape index (κ3) is 4.75. The highest BCUT2D eigenvalue weighted by Gasteiger charge is 2.35. The SMILES string of the molecule is CC(C)CCCNc1ccc(C(F)(F)F)c(C(=O)O)c1. The lowest BCUT2D eigenvalue weighted by molar-refractivity contribution is -0.138. The lowest BCUT2D eigenvalue weighted by Gasteiger charge is -2.13. The summed E-state index contributed by atoms with van der Waals surface area (Å²) < 4.78 is 38.0. The zero-order chi connectivity index (χ0) is 15.3. The Morgan fingerprint density at radius 1 is 1.35 bits per heavy atom. The Balaban J connectivity index is 2.81. The average molecular weight is 289 g/mol. The molecule has 0 amide bonds. The molecule has 0 unspecified atom stereocenters. The van der Waals surface area contributed by atoms with Gasteiger partial charge in [-0.1, -0.05) is 13.8 Å². The van der Waals surface area contributed by atoms with Crippen LogP contribution in [0.25, 0.3) is 0 Å². The van der Waals surface area contributed by atoms with E-state index >= 15 is 0 Å². The predicted molar refractivity (Wildman–Crippen MR) is 71.0 cm³/mol. The zero-order valence-corrected chi connectivity index (χ0v) is 11.4. The van der Waals surface area contributed by atoms with E-state index in [1.165, 1.54) is 6.07 Å². The van der Waals surface area contributed by atoms with Crippen LogP contribution in [0.15, 0.2) is 18.2 Å². The van der Waals surface area contributed by atoms with Gasteiger partial charge in [-0.2, -0.15) is 13.2 Å². The Morgan fingerprint density at radius 3 is 2.50 bits per heavy atom. The quantitative estimate of drug-likeness (QED) is 0.770. The Hall–Kier alpha value is -1.72. The molecule has 0 bridgehead atoms. The summed E-state index contributed by atoms with van der Waals surface area (Å²) in [5.74, 6) is -1.03. The van der Waals surface area contributed by atoms with Gasteiger partial charge in [0.2, 0.25) is 0 Å². The number of anilines is 1. The Kier molecular flexibility index (Phi) is 5.42. The number of benzene rings is 1. The van der Waals surface area contributed by atoms with Crippen LogP contribution >= 0.6 is 0 Å². The maximum atomic E-state index is 12.7. The number of nitrogens with one attached hydrogen (secondary N) is 1. The zero-order valence-electron chi connectivity index (χ0n) is 11.4. The minimum Gasteiger partial charge on any atom is -0.478 e. The van der Waals surface area contributed by atoms with E-state index in [0.717, 1.165) is 25.0 Å². The lowest BCUT2D eigenvalue weighted by Crippen LogP contribution is -2.13. The first-order valence-electron chi connectivity index (χ1n) is 6.40. The van der Waals surface area contributed by atoms with Crippen LogP contribution in [0.5, 0.6) is 0 Å². The molecule has 0 atom stereocenters. The number of carboxylic acid groups (broad SMARTS) is 1. The van der Waals surface area contributed by atoms with Crippen molar-refractivity contribution in [1.82, 2.24) is 0 Å². The summed E-state index contributed by atoms with van der Waals surface area (Å²) in [6.45, 7) is 4.77. The summed E-state index contributed by atoms with van der Waals surface area (Å²) in [6.07, 6.45) is -2.79. The maximum absolute atomic E-state index is 12.7. The van der Waals surface area contributed by atoms with Crippen LogP contribution in [0.3, 0.4) is 0 Å². The fourth-order valence-electron chi connectivity index (χ4n) is 1.82. The fourth-order valence-corrected chi connectivity index (χ4v) is 1.82. The average Bonchev–Trinajstić information content (AvgIpc) is 2.33. The molecule has 0 aromatic heterocycles. The number of carboxylic acids is 1. The minimum absolute atomic E-state index is 0.388. The monoisotopic (exact) mass is 289 g/mol. The van der Waals surface area contributed by atoms with Crippen LogP contribution < -0.4 is 5.32 Å². The normalized spacial score (nSPS) is 11.7. The summed E-state index contributed by atoms with van der Waals surface area (Å²) >= 11 is 0. The maximum Gasteiger partial charge on any atom is 0.417 e. The first kappa shape index (κ1) is 16.3. The molecule has 1 aromatic carbocycles. The molecule has 0 aliphatic heterocycles. The van der Waals surface area contributed by atoms with E-state index in [4.69, 9.17) is 5.11 Å². The van der Waals surface area contributed by atoms with E-state index < -0.39 is 23.3 Å². The van der Waals surface area contributed by atoms with Crippen LogP contribution in [-0.2, 0) is 6.18 Å². The van der Waals surface area contributed by atoms with Gasteiger partial charge in [0.1, 0.15) is 0 Å². The second kappa shape index (κ2) is 6.63. The molecule has 3 nitrogen and oxygen atoms in total. The van der Waals surface area contributed by atoms with E-state index in [1.807, 2.05) is 0 Å². The highest BCUT2D eigenvalue weighted by atomic mass is 19.4. The summed E-state index contributed by atoms with van der Waals surface area (Å²) in [5, 5.41) is 11.8. The molecule has 0 saturated heterocycles. The molecule has 0 aliphatic rings. The molecule has 1 aromatic rings. The molecule has 2 N–H and O–H groups in total. The number of hydrogen-bond acceptors (Lipinski definition) is 2. The number of aromatic carboxylic acids is 1. The Morgan fingerprint density at radius 2 is 2.00 bits per heavy atom. The summed E-state index contributed by atoms with van der Waals surface area (Å²) in [4.78, 5) is 10.9. The van der Waals surface area contributed by atoms with Crippen molar-refractivity contribution in [2.75, 3.05) is 11.9 Å². The first-order chi connectivity index (χ1) is 9.21. The van der Waals surface area contributed by atoms with Crippen LogP contribution in [0.4, 0.5) is 18.9 Å². The van der Waals surface area contributed by atoms with Crippen molar-refractivity contribution in [3.63, 3.8) is 0 Å². The largest absolute Gasteiger partial charge is 0.478 e. The van der Waals surface area contributed by atoms with E-state index in [2.05, 4.69) is 19.2 Å². The Bertz CT molecular complexity index is 470. The number of hydrogen-bond donors (Lipinski definition) is 2. The van der Waals surface area contributed by atoms with Gasteiger partial charge >= 0.3 is 12.1 Å². The minimum atomic E-state index is -4.66. The van der Waals surface area contributed by atoms with Gasteiger partial charge in [0.15, 0.2) is 0 Å². The van der Waals surface area contributed by atoms with Crippen LogP contribution in [0.2, 0.25) is 0 Å². The fraction of sp³-hybridized carbons (Fsp3) is 0.500. The smallest absolute Gasteiger partial charge is 0.417 e. The third-order valence-corrected chi connectivity index (χ3v) is 2.84. The van der Waals surface area contributed by atoms with E-state index in [0.29, 0.717) is 18.2 Å². The van der Waals surface area contributed by atoms with E-state index in [1.54, 1.807) is 0 Å². The van der Waals surface area contributed by atoms with Crippen LogP contribution in [0, 0.1) is 5.92 Å². The van der Waals surface area contributed by atoms with Gasteiger partial charge in [0.25, 0.3) is 0 Å². The van der Waals surface area contributed by atoms with Crippen molar-refractivity contribution in [3.05, 3.63) is 29.3 Å². The number of carbonyl (C=O) groups is 1. The van der Waals surface area contributed by atoms with Crippen molar-refractivity contribution in [3.8, 4) is 0 Å². The van der Waals surface area contributed by atoms with E-state index in [-0.39, 0.29) is 0 Å². The molecule has 6 heteroatoms. The second-order valence-corrected chi connectivity index (χ2v) is 5.03. The number of alkyl halides is 3. The number of rotatable bonds is 6. The highest BCUT2D eigenvalue weighted by molar-refractivity contribution is 5.91. The summed E-state index contributed by atoms with van der Waals surface area (Å²) in [6, 6.07) is 3.08. The molecule has 112 valence electrons. The molecule has 0 aliphatic carbocycles. The predicted octanol–water partition coefficient (Wildman–Crippen LogP) is 4.25. The van der Waals surface area contributed by atoms with Gasteiger partial charge in [0.05, 0.1) is 11.1 Å². The molecular formula is C14H18F3NO2. The van der Waals surface area contributed by atoms with Crippen molar-refractivity contribution in [2.45, 2.75) is 32.9 Å². The van der Waals surface area contributed by atoms with Gasteiger partial charge in [-0.15, -0.1) is 0 Å². The molecule has 0 fully saturated rings. The van der Waals surface area contributed by atoms with Gasteiger partial charge in [-0.3, -0.25) is 0 Å². The summed E-state index contributed by atoms with van der Waals surface area (Å²) in [7, 11) is 0. The van der Waals surface area contributed by atoms with Crippen molar-refractivity contribution >= 4 is 11.7 Å². The van der Waals surface area contributed by atoms with Crippen LogP contribution in [0.1, 0.15) is 42.6 Å². The van der Waals surface area contributed by atoms with Crippen molar-refractivity contribution in [1.29, 1.82) is 0 Å². The standard InChI is InChI=1S/C14H18F3NO2/c1-9(2)4-3-7-18-10-5-6-12(14(15,16)17)11(8-10)13(19)20/h5-6,8-9,18H,3-4,7H2,1-2H3,(H,19,20). The van der Waals surface area contributed by atoms with Crippen LogP contribution in [-0.4, -0.2) is 17.6 Å². The molecule has 0 saturated carbocycles. The van der Waals surface area contributed by atoms with Crippen molar-refractivity contribution < 1.29 is 23.1 Å². The number of halogens is 3. The van der Waals surface area contributed by atoms with Gasteiger partial charge in [-0.25, -0.2) is 4.79 Å². The van der Waals surface area contributed by atoms with E-state index in [9.17, 15) is 18.0 Å². The third-order valence-electron chi connectivity index (χ3n) is 2.84. The van der Waals surface area contributed by atoms with Crippen molar-refractivity contribution in [2.24, 2.45) is 5.92 Å². The molecule has 1 rings (SSSR count). The van der Waals surface area contributed by atoms with Gasteiger partial charge < -0.3 is 10.4 Å². The topological polar surface area (TPSA) is 49.3 Å². The molecule has 0 heterocycles. The highest BCUT2D eigenvalue weighted by Crippen LogP contribution is 2.33. The van der Waals surface area contributed by atoms with Gasteiger partial charge in [0, 0.05) is 12.2 Å². The summed E-state index contributed by atoms with van der Waals surface area (Å²) in [5.41, 5.74) is -1.47. The first-order valence-corrected chi connectivity index (χ1v) is 6.40. The lowest BCUT2D eigenvalue weighted by atomic mass is 10.1. The van der Waals surface area contributed by atoms with Gasteiger partial charge in [-0.05, 0) is 37.0 Å². The molecule has 0 spiro atoms. The second-order valence-electron chi connectivity index (χ2n) is 5.03. The molecule has 20 heavy (non-hydrogen) atoms. The molecule has 0 radical (unpaired) electrons.